The summed E-state index contributed by atoms with van der Waals surface area (Å²) >= 11 is 0. The van der Waals surface area contributed by atoms with Crippen molar-refractivity contribution >= 4 is 17.5 Å². The van der Waals surface area contributed by atoms with E-state index in [2.05, 4.69) is 59.8 Å². The van der Waals surface area contributed by atoms with Gasteiger partial charge in [-0.1, -0.05) is 18.2 Å². The fraction of sp³-hybridized carbons (Fsp3) is 0.412. The summed E-state index contributed by atoms with van der Waals surface area (Å²) < 4.78 is 0. The first-order valence-electron chi connectivity index (χ1n) is 7.62. The van der Waals surface area contributed by atoms with E-state index in [1.54, 1.807) is 0 Å². The molecule has 0 atom stereocenters. The van der Waals surface area contributed by atoms with Gasteiger partial charge in [0.1, 0.15) is 5.82 Å². The lowest BCUT2D eigenvalue weighted by molar-refractivity contribution is 0.811. The van der Waals surface area contributed by atoms with Gasteiger partial charge in [-0.15, -0.1) is 0 Å². The standard InChI is InChI=1S/C17H24N4/c1-5-20(6-2)17-18-14(4)13-16(19-17)21(7-3)15-11-9-8-10-12-15/h8-13H,5-7H2,1-4H3. The van der Waals surface area contributed by atoms with Gasteiger partial charge in [-0.2, -0.15) is 4.98 Å². The fourth-order valence-electron chi connectivity index (χ4n) is 2.41. The molecule has 1 aromatic heterocycles. The maximum absolute atomic E-state index is 4.76. The highest BCUT2D eigenvalue weighted by molar-refractivity contribution is 5.61. The average molecular weight is 284 g/mol. The van der Waals surface area contributed by atoms with Gasteiger partial charge in [0, 0.05) is 37.1 Å². The lowest BCUT2D eigenvalue weighted by atomic mass is 10.2. The molecule has 0 bridgehead atoms. The van der Waals surface area contributed by atoms with Crippen LogP contribution in [0.4, 0.5) is 17.5 Å². The molecule has 1 aromatic carbocycles. The second kappa shape index (κ2) is 7.07. The van der Waals surface area contributed by atoms with E-state index in [1.807, 2.05) is 19.1 Å². The molecule has 112 valence electrons. The second-order valence-corrected chi connectivity index (χ2v) is 4.92. The quantitative estimate of drug-likeness (QED) is 0.808. The first-order valence-corrected chi connectivity index (χ1v) is 7.62. The SMILES string of the molecule is CCN(CC)c1nc(C)cc(N(CC)c2ccccc2)n1. The Hall–Kier alpha value is -2.10. The number of anilines is 3. The van der Waals surface area contributed by atoms with Crippen molar-refractivity contribution in [2.45, 2.75) is 27.7 Å². The van der Waals surface area contributed by atoms with Crippen LogP contribution >= 0.6 is 0 Å². The summed E-state index contributed by atoms with van der Waals surface area (Å²) in [6.07, 6.45) is 0. The smallest absolute Gasteiger partial charge is 0.227 e. The zero-order valence-corrected chi connectivity index (χ0v) is 13.4. The van der Waals surface area contributed by atoms with Gasteiger partial charge in [0.2, 0.25) is 5.95 Å². The van der Waals surface area contributed by atoms with Crippen molar-refractivity contribution in [3.63, 3.8) is 0 Å². The van der Waals surface area contributed by atoms with Crippen molar-refractivity contribution in [2.75, 3.05) is 29.4 Å². The molecule has 0 aliphatic heterocycles. The van der Waals surface area contributed by atoms with E-state index in [0.29, 0.717) is 0 Å². The molecule has 0 spiro atoms. The monoisotopic (exact) mass is 284 g/mol. The van der Waals surface area contributed by atoms with E-state index in [1.165, 1.54) is 0 Å². The second-order valence-electron chi connectivity index (χ2n) is 4.92. The summed E-state index contributed by atoms with van der Waals surface area (Å²) in [5.74, 6) is 1.77. The van der Waals surface area contributed by atoms with Gasteiger partial charge < -0.3 is 9.80 Å². The van der Waals surface area contributed by atoms with E-state index in [9.17, 15) is 0 Å². The normalized spacial score (nSPS) is 10.5. The van der Waals surface area contributed by atoms with Crippen LogP contribution in [0.25, 0.3) is 0 Å². The summed E-state index contributed by atoms with van der Waals surface area (Å²) in [5, 5.41) is 0. The maximum atomic E-state index is 4.76. The molecule has 21 heavy (non-hydrogen) atoms. The lowest BCUT2D eigenvalue weighted by Crippen LogP contribution is -2.26. The van der Waals surface area contributed by atoms with Gasteiger partial charge in [-0.3, -0.25) is 0 Å². The van der Waals surface area contributed by atoms with E-state index >= 15 is 0 Å². The maximum Gasteiger partial charge on any atom is 0.227 e. The Kier molecular flexibility index (Phi) is 5.14. The molecule has 0 amide bonds. The van der Waals surface area contributed by atoms with Crippen molar-refractivity contribution in [1.82, 2.24) is 9.97 Å². The van der Waals surface area contributed by atoms with Crippen molar-refractivity contribution in [3.8, 4) is 0 Å². The predicted octanol–water partition coefficient (Wildman–Crippen LogP) is 3.79. The third-order valence-electron chi connectivity index (χ3n) is 3.54. The molecule has 4 nitrogen and oxygen atoms in total. The Morgan fingerprint density at radius 1 is 0.905 bits per heavy atom. The summed E-state index contributed by atoms with van der Waals surface area (Å²) in [4.78, 5) is 13.7. The van der Waals surface area contributed by atoms with Crippen LogP contribution in [0, 0.1) is 6.92 Å². The molecule has 1 heterocycles. The Bertz CT molecular complexity index is 564. The topological polar surface area (TPSA) is 32.3 Å². The summed E-state index contributed by atoms with van der Waals surface area (Å²) in [7, 11) is 0. The van der Waals surface area contributed by atoms with Crippen LogP contribution in [0.15, 0.2) is 36.4 Å². The number of hydrogen-bond acceptors (Lipinski definition) is 4. The molecule has 0 aliphatic carbocycles. The van der Waals surface area contributed by atoms with Crippen LogP contribution in [0.5, 0.6) is 0 Å². The Morgan fingerprint density at radius 3 is 2.14 bits per heavy atom. The van der Waals surface area contributed by atoms with Gasteiger partial charge in [0.25, 0.3) is 0 Å². The van der Waals surface area contributed by atoms with Crippen LogP contribution in [0.3, 0.4) is 0 Å². The van der Waals surface area contributed by atoms with Crippen LogP contribution in [0.2, 0.25) is 0 Å². The average Bonchev–Trinajstić information content (AvgIpc) is 2.50. The van der Waals surface area contributed by atoms with Crippen molar-refractivity contribution in [2.24, 2.45) is 0 Å². The number of benzene rings is 1. The Balaban J connectivity index is 2.42. The molecule has 0 fully saturated rings. The van der Waals surface area contributed by atoms with Crippen molar-refractivity contribution in [3.05, 3.63) is 42.1 Å². The van der Waals surface area contributed by atoms with E-state index in [0.717, 1.165) is 42.8 Å². The van der Waals surface area contributed by atoms with Crippen LogP contribution < -0.4 is 9.80 Å². The molecule has 4 heteroatoms. The van der Waals surface area contributed by atoms with Crippen LogP contribution in [-0.4, -0.2) is 29.6 Å². The third kappa shape index (κ3) is 3.51. The van der Waals surface area contributed by atoms with Crippen LogP contribution in [0.1, 0.15) is 26.5 Å². The highest BCUT2D eigenvalue weighted by Crippen LogP contribution is 2.25. The summed E-state index contributed by atoms with van der Waals surface area (Å²) in [6.45, 7) is 11.1. The third-order valence-corrected chi connectivity index (χ3v) is 3.54. The molecule has 0 radical (unpaired) electrons. The minimum Gasteiger partial charge on any atom is -0.341 e. The Labute approximate surface area is 127 Å². The number of aryl methyl sites for hydroxylation is 1. The number of para-hydroxylation sites is 1. The fourth-order valence-corrected chi connectivity index (χ4v) is 2.41. The van der Waals surface area contributed by atoms with Gasteiger partial charge in [0.15, 0.2) is 0 Å². The summed E-state index contributed by atoms with van der Waals surface area (Å²) in [6, 6.07) is 12.4. The molecular weight excluding hydrogens is 260 g/mol. The zero-order valence-electron chi connectivity index (χ0n) is 13.4. The molecule has 2 rings (SSSR count). The number of nitrogens with zero attached hydrogens (tertiary/aromatic N) is 4. The van der Waals surface area contributed by atoms with Crippen molar-refractivity contribution in [1.29, 1.82) is 0 Å². The van der Waals surface area contributed by atoms with E-state index in [-0.39, 0.29) is 0 Å². The van der Waals surface area contributed by atoms with E-state index in [4.69, 9.17) is 4.98 Å². The molecule has 0 aliphatic rings. The first kappa shape index (κ1) is 15.3. The number of rotatable bonds is 6. The largest absolute Gasteiger partial charge is 0.341 e. The molecule has 0 saturated carbocycles. The minimum atomic E-state index is 0.810. The van der Waals surface area contributed by atoms with Gasteiger partial charge >= 0.3 is 0 Å². The highest BCUT2D eigenvalue weighted by Gasteiger charge is 2.13. The first-order chi connectivity index (χ1) is 10.2. The molecule has 0 N–H and O–H groups in total. The highest BCUT2D eigenvalue weighted by atomic mass is 15.3. The van der Waals surface area contributed by atoms with Crippen molar-refractivity contribution < 1.29 is 0 Å². The molecular formula is C17H24N4. The zero-order chi connectivity index (χ0) is 15.2. The summed E-state index contributed by atoms with van der Waals surface area (Å²) in [5.41, 5.74) is 2.15. The van der Waals surface area contributed by atoms with Gasteiger partial charge in [-0.25, -0.2) is 4.98 Å². The minimum absolute atomic E-state index is 0.810. The number of aromatic nitrogens is 2. The molecule has 0 saturated heterocycles. The lowest BCUT2D eigenvalue weighted by Gasteiger charge is -2.25. The Morgan fingerprint density at radius 2 is 1.57 bits per heavy atom. The van der Waals surface area contributed by atoms with E-state index < -0.39 is 0 Å². The van der Waals surface area contributed by atoms with Crippen LogP contribution in [-0.2, 0) is 0 Å². The van der Waals surface area contributed by atoms with Gasteiger partial charge in [0.05, 0.1) is 0 Å². The van der Waals surface area contributed by atoms with Gasteiger partial charge in [-0.05, 0) is 39.8 Å². The number of hydrogen-bond donors (Lipinski definition) is 0. The molecule has 0 unspecified atom stereocenters. The predicted molar refractivity (Wildman–Crippen MR) is 89.5 cm³/mol. The molecule has 2 aromatic rings.